The zero-order chi connectivity index (χ0) is 2.71. The third-order valence-corrected chi connectivity index (χ3v) is 0. The summed E-state index contributed by atoms with van der Waals surface area (Å²) in [5, 5.41) is 0. The van der Waals surface area contributed by atoms with Crippen LogP contribution in [0.2, 0.25) is 0 Å². The van der Waals surface area contributed by atoms with Crippen LogP contribution in [-0.2, 0) is 19.5 Å². The van der Waals surface area contributed by atoms with Crippen LogP contribution in [0.25, 0.3) is 0 Å². The van der Waals surface area contributed by atoms with E-state index in [4.69, 9.17) is 0 Å². The van der Waals surface area contributed by atoms with Crippen molar-refractivity contribution in [2.45, 2.75) is 6.92 Å². The van der Waals surface area contributed by atoms with E-state index in [-0.39, 0.29) is 19.5 Å². The predicted molar refractivity (Wildman–Crippen MR) is 24.6 cm³/mol. The molecule has 0 bridgehead atoms. The van der Waals surface area contributed by atoms with Crippen molar-refractivity contribution in [2.24, 2.45) is 0 Å². The predicted octanol–water partition coefficient (Wildman–Crippen LogP) is 1.44. The number of hydrogen-bond donors (Lipinski definition) is 0. The van der Waals surface area contributed by atoms with E-state index in [0.717, 1.165) is 0 Å². The summed E-state index contributed by atoms with van der Waals surface area (Å²) in [4.78, 5) is 0. The van der Waals surface area contributed by atoms with Crippen LogP contribution < -0.4 is 0 Å². The monoisotopic (exact) mass is 220 g/mol. The zero-order valence-electron chi connectivity index (χ0n) is 2.79. The molecule has 0 aromatic heterocycles. The van der Waals surface area contributed by atoms with Crippen molar-refractivity contribution in [3.63, 3.8) is 0 Å². The summed E-state index contributed by atoms with van der Waals surface area (Å²) in [5.74, 6) is 0. The third kappa shape index (κ3) is 10.1. The van der Waals surface area contributed by atoms with Crippen molar-refractivity contribution < 1.29 is 19.5 Å². The van der Waals surface area contributed by atoms with Gasteiger partial charge in [-0.05, 0) is 4.43 Å². The first-order chi connectivity index (χ1) is 1.41. The zero-order valence-corrected chi connectivity index (χ0v) is 7.92. The van der Waals surface area contributed by atoms with Crippen LogP contribution in [-0.4, -0.2) is 4.43 Å². The van der Waals surface area contributed by atoms with Crippen LogP contribution in [0.4, 0.5) is 0 Å². The minimum atomic E-state index is 0. The maximum Gasteiger partial charge on any atom is 2.00 e. The van der Waals surface area contributed by atoms with Gasteiger partial charge in [-0.25, -0.2) is 0 Å². The van der Waals surface area contributed by atoms with Crippen molar-refractivity contribution in [2.75, 3.05) is 4.43 Å². The van der Waals surface area contributed by atoms with Gasteiger partial charge in [0.15, 0.2) is 0 Å². The Labute approximate surface area is 53.2 Å². The minimum Gasteiger partial charge on any atom is -0.0867 e. The van der Waals surface area contributed by atoms with E-state index in [1.807, 2.05) is 0 Å². The van der Waals surface area contributed by atoms with Gasteiger partial charge in [-0.2, -0.15) is 0 Å². The minimum absolute atomic E-state index is 0. The molecule has 0 spiro atoms. The molecule has 20 valence electrons. The normalized spacial score (nSPS) is 4.50. The fourth-order valence-electron chi connectivity index (χ4n) is 0. The SMILES string of the molecule is CCI.[Zn+2]. The van der Waals surface area contributed by atoms with Crippen molar-refractivity contribution in [1.29, 1.82) is 0 Å². The van der Waals surface area contributed by atoms with Gasteiger partial charge in [-0.15, -0.1) is 0 Å². The molecule has 0 aromatic rings. The van der Waals surface area contributed by atoms with Gasteiger partial charge in [0.05, 0.1) is 0 Å². The van der Waals surface area contributed by atoms with E-state index >= 15 is 0 Å². The fraction of sp³-hybridized carbons (Fsp3) is 1.00. The van der Waals surface area contributed by atoms with Gasteiger partial charge in [-0.1, -0.05) is 29.5 Å². The van der Waals surface area contributed by atoms with Crippen molar-refractivity contribution >= 4 is 22.6 Å². The maximum atomic E-state index is 2.29. The van der Waals surface area contributed by atoms with E-state index in [1.165, 1.54) is 4.43 Å². The number of rotatable bonds is 0. The molecular formula is C2H5IZn+2. The summed E-state index contributed by atoms with van der Waals surface area (Å²) >= 11 is 2.29. The number of hydrogen-bond acceptors (Lipinski definition) is 0. The molecule has 0 aliphatic rings. The molecule has 0 saturated carbocycles. The Hall–Kier alpha value is 1.35. The van der Waals surface area contributed by atoms with Crippen LogP contribution in [0.1, 0.15) is 6.92 Å². The number of halogens is 1. The smallest absolute Gasteiger partial charge is 0.0867 e. The van der Waals surface area contributed by atoms with E-state index in [9.17, 15) is 0 Å². The first kappa shape index (κ1) is 9.02. The first-order valence-corrected chi connectivity index (χ1v) is 2.50. The summed E-state index contributed by atoms with van der Waals surface area (Å²) in [6, 6.07) is 0. The topological polar surface area (TPSA) is 0 Å². The standard InChI is InChI=1S/C2H5I.Zn/c1-2-3;/h2H2,1H3;/q;+2. The second kappa shape index (κ2) is 8.84. The summed E-state index contributed by atoms with van der Waals surface area (Å²) in [5.41, 5.74) is 0. The molecule has 0 atom stereocenters. The van der Waals surface area contributed by atoms with Crippen LogP contribution in [0, 0.1) is 0 Å². The van der Waals surface area contributed by atoms with Crippen molar-refractivity contribution in [3.05, 3.63) is 0 Å². The quantitative estimate of drug-likeness (QED) is 0.330. The molecule has 0 fully saturated rings. The van der Waals surface area contributed by atoms with Crippen molar-refractivity contribution in [3.8, 4) is 0 Å². The molecule has 0 unspecified atom stereocenters. The molecule has 0 aliphatic heterocycles. The van der Waals surface area contributed by atoms with Gasteiger partial charge < -0.3 is 0 Å². The van der Waals surface area contributed by atoms with E-state index in [2.05, 4.69) is 29.5 Å². The molecule has 0 N–H and O–H groups in total. The fourth-order valence-corrected chi connectivity index (χ4v) is 0. The molecule has 0 saturated heterocycles. The molecule has 0 radical (unpaired) electrons. The Morgan fingerprint density at radius 2 is 1.75 bits per heavy atom. The van der Waals surface area contributed by atoms with E-state index in [1.54, 1.807) is 0 Å². The second-order valence-corrected chi connectivity index (χ2v) is 1.79. The van der Waals surface area contributed by atoms with Gasteiger partial charge in [-0.3, -0.25) is 0 Å². The molecule has 0 amide bonds. The summed E-state index contributed by atoms with van der Waals surface area (Å²) < 4.78 is 1.22. The molecule has 2 heteroatoms. The van der Waals surface area contributed by atoms with Crippen LogP contribution in [0.3, 0.4) is 0 Å². The molecule has 0 aliphatic carbocycles. The van der Waals surface area contributed by atoms with Crippen LogP contribution >= 0.6 is 22.6 Å². The summed E-state index contributed by atoms with van der Waals surface area (Å²) in [7, 11) is 0. The number of alkyl halides is 1. The second-order valence-electron chi connectivity index (χ2n) is 0.267. The molecule has 4 heavy (non-hydrogen) atoms. The first-order valence-electron chi connectivity index (χ1n) is 0.974. The summed E-state index contributed by atoms with van der Waals surface area (Å²) in [6.45, 7) is 2.11. The average molecular weight is 221 g/mol. The van der Waals surface area contributed by atoms with Gasteiger partial charge in [0.25, 0.3) is 0 Å². The largest absolute Gasteiger partial charge is 2.00 e. The van der Waals surface area contributed by atoms with Gasteiger partial charge >= 0.3 is 19.5 Å². The Morgan fingerprint density at radius 3 is 1.75 bits per heavy atom. The Bertz CT molecular complexity index is 6.00. The van der Waals surface area contributed by atoms with Gasteiger partial charge in [0.1, 0.15) is 0 Å². The van der Waals surface area contributed by atoms with Crippen LogP contribution in [0.5, 0.6) is 0 Å². The van der Waals surface area contributed by atoms with Gasteiger partial charge in [0, 0.05) is 0 Å². The third-order valence-electron chi connectivity index (χ3n) is 0. The Morgan fingerprint density at radius 1 is 1.75 bits per heavy atom. The van der Waals surface area contributed by atoms with Crippen LogP contribution in [0.15, 0.2) is 0 Å². The van der Waals surface area contributed by atoms with E-state index in [0.29, 0.717) is 0 Å². The molecule has 0 aromatic carbocycles. The van der Waals surface area contributed by atoms with Gasteiger partial charge in [0.2, 0.25) is 0 Å². The average Bonchev–Trinajstić information content (AvgIpc) is 0.918. The Kier molecular flexibility index (Phi) is 19.9. The Balaban J connectivity index is 0. The summed E-state index contributed by atoms with van der Waals surface area (Å²) in [6.07, 6.45) is 0. The van der Waals surface area contributed by atoms with E-state index < -0.39 is 0 Å². The molecule has 0 rings (SSSR count). The molecule has 0 heterocycles. The molecular weight excluding hydrogens is 216 g/mol. The maximum absolute atomic E-state index is 2.29. The van der Waals surface area contributed by atoms with Crippen molar-refractivity contribution in [1.82, 2.24) is 0 Å². The molecule has 0 nitrogen and oxygen atoms in total.